The number of hydrogen-bond acceptors (Lipinski definition) is 2. The summed E-state index contributed by atoms with van der Waals surface area (Å²) >= 11 is 0. The summed E-state index contributed by atoms with van der Waals surface area (Å²) in [6.45, 7) is 6.77. The monoisotopic (exact) mass is 267 g/mol. The van der Waals surface area contributed by atoms with Crippen LogP contribution in [0.5, 0.6) is 0 Å². The van der Waals surface area contributed by atoms with Gasteiger partial charge in [-0.3, -0.25) is 0 Å². The van der Waals surface area contributed by atoms with E-state index in [4.69, 9.17) is 4.84 Å². The van der Waals surface area contributed by atoms with Crippen molar-refractivity contribution < 1.29 is 4.84 Å². The molecule has 2 nitrogen and oxygen atoms in total. The van der Waals surface area contributed by atoms with Crippen molar-refractivity contribution in [2.24, 2.45) is 10.6 Å². The average molecular weight is 267 g/mol. The molecule has 0 amide bonds. The lowest BCUT2D eigenvalue weighted by Crippen LogP contribution is -2.06. The smallest absolute Gasteiger partial charge is 0.142 e. The molecule has 0 spiro atoms. The van der Waals surface area contributed by atoms with Gasteiger partial charge in [0.05, 0.1) is 0 Å². The number of nitrogens with zero attached hydrogens (tertiary/aromatic N) is 1. The molecule has 0 saturated carbocycles. The maximum Gasteiger partial charge on any atom is 0.142 e. The first kappa shape index (κ1) is 14.3. The van der Waals surface area contributed by atoms with E-state index in [0.717, 1.165) is 5.56 Å². The molecule has 0 saturated heterocycles. The molecule has 2 rings (SSSR count). The molecule has 0 heterocycles. The summed E-state index contributed by atoms with van der Waals surface area (Å²) in [6.07, 6.45) is 1.83. The second kappa shape index (κ2) is 6.38. The van der Waals surface area contributed by atoms with Crippen LogP contribution in [-0.2, 0) is 11.4 Å². The largest absolute Gasteiger partial charge is 0.391 e. The molecule has 0 aliphatic carbocycles. The summed E-state index contributed by atoms with van der Waals surface area (Å²) in [6, 6.07) is 18.7. The molecule has 104 valence electrons. The van der Waals surface area contributed by atoms with E-state index < -0.39 is 0 Å². The summed E-state index contributed by atoms with van der Waals surface area (Å²) in [5.41, 5.74) is 3.59. The molecule has 0 aromatic heterocycles. The van der Waals surface area contributed by atoms with E-state index in [9.17, 15) is 0 Å². The molecule has 0 radical (unpaired) electrons. The highest BCUT2D eigenvalue weighted by atomic mass is 16.6. The van der Waals surface area contributed by atoms with Gasteiger partial charge in [0.2, 0.25) is 0 Å². The molecule has 0 fully saturated rings. The maximum absolute atomic E-state index is 5.36. The first-order chi connectivity index (χ1) is 9.54. The highest BCUT2D eigenvalue weighted by Crippen LogP contribution is 2.20. The van der Waals surface area contributed by atoms with Crippen molar-refractivity contribution >= 4 is 6.21 Å². The number of benzene rings is 2. The first-order valence-electron chi connectivity index (χ1n) is 6.85. The Labute approximate surface area is 121 Å². The molecule has 0 aliphatic rings. The van der Waals surface area contributed by atoms with Gasteiger partial charge in [-0.25, -0.2) is 0 Å². The van der Waals surface area contributed by atoms with Gasteiger partial charge in [0.15, 0.2) is 0 Å². The first-order valence-corrected chi connectivity index (χ1v) is 6.85. The standard InChI is InChI=1S/C18H21NO/c1-18(2,3)14-19-20-13-15-8-7-11-17(12-15)16-9-5-4-6-10-16/h4-12,14H,13H2,1-3H3. The highest BCUT2D eigenvalue weighted by molar-refractivity contribution is 5.64. The van der Waals surface area contributed by atoms with Gasteiger partial charge < -0.3 is 4.84 Å². The lowest BCUT2D eigenvalue weighted by atomic mass is 10.00. The van der Waals surface area contributed by atoms with Crippen molar-refractivity contribution in [1.82, 2.24) is 0 Å². The third kappa shape index (κ3) is 4.54. The minimum atomic E-state index is 0.0475. The van der Waals surface area contributed by atoms with E-state index in [1.54, 1.807) is 0 Å². The molecule has 20 heavy (non-hydrogen) atoms. The molecule has 2 aromatic carbocycles. The van der Waals surface area contributed by atoms with Crippen LogP contribution in [0.4, 0.5) is 0 Å². The van der Waals surface area contributed by atoms with Crippen LogP contribution in [0.2, 0.25) is 0 Å². The van der Waals surface area contributed by atoms with E-state index >= 15 is 0 Å². The van der Waals surface area contributed by atoms with Crippen molar-refractivity contribution in [1.29, 1.82) is 0 Å². The van der Waals surface area contributed by atoms with Gasteiger partial charge >= 0.3 is 0 Å². The Kier molecular flexibility index (Phi) is 4.57. The Morgan fingerprint density at radius 2 is 1.65 bits per heavy atom. The molecule has 0 atom stereocenters. The number of hydrogen-bond donors (Lipinski definition) is 0. The Morgan fingerprint density at radius 1 is 0.950 bits per heavy atom. The minimum absolute atomic E-state index is 0.0475. The van der Waals surface area contributed by atoms with Gasteiger partial charge in [0.1, 0.15) is 6.61 Å². The van der Waals surface area contributed by atoms with Gasteiger partial charge in [0.25, 0.3) is 0 Å². The Balaban J connectivity index is 2.02. The summed E-state index contributed by atoms with van der Waals surface area (Å²) in [5, 5.41) is 4.02. The quantitative estimate of drug-likeness (QED) is 0.570. The van der Waals surface area contributed by atoms with Crippen LogP contribution in [0.15, 0.2) is 59.8 Å². The molecule has 0 N–H and O–H groups in total. The molecule has 0 bridgehead atoms. The van der Waals surface area contributed by atoms with E-state index in [0.29, 0.717) is 6.61 Å². The SMILES string of the molecule is CC(C)(C)C=NOCc1cccc(-c2ccccc2)c1. The van der Waals surface area contributed by atoms with Gasteiger partial charge in [-0.1, -0.05) is 74.5 Å². The summed E-state index contributed by atoms with van der Waals surface area (Å²) in [4.78, 5) is 5.36. The lowest BCUT2D eigenvalue weighted by Gasteiger charge is -2.09. The summed E-state index contributed by atoms with van der Waals surface area (Å²) in [5.74, 6) is 0. The van der Waals surface area contributed by atoms with E-state index in [2.05, 4.69) is 62.3 Å². The fourth-order valence-electron chi connectivity index (χ4n) is 1.78. The fraction of sp³-hybridized carbons (Fsp3) is 0.278. The number of oxime groups is 1. The number of rotatable bonds is 4. The maximum atomic E-state index is 5.36. The normalized spacial score (nSPS) is 11.8. The molecule has 2 aromatic rings. The van der Waals surface area contributed by atoms with E-state index in [1.807, 2.05) is 24.4 Å². The van der Waals surface area contributed by atoms with Crippen molar-refractivity contribution in [3.63, 3.8) is 0 Å². The molecule has 2 heteroatoms. The third-order valence-electron chi connectivity index (χ3n) is 2.78. The predicted octanol–water partition coefficient (Wildman–Crippen LogP) is 4.90. The van der Waals surface area contributed by atoms with E-state index in [1.165, 1.54) is 11.1 Å². The fourth-order valence-corrected chi connectivity index (χ4v) is 1.78. The van der Waals surface area contributed by atoms with Gasteiger partial charge in [-0.15, -0.1) is 0 Å². The third-order valence-corrected chi connectivity index (χ3v) is 2.78. The van der Waals surface area contributed by atoms with E-state index in [-0.39, 0.29) is 5.41 Å². The van der Waals surface area contributed by atoms with Crippen LogP contribution in [0.25, 0.3) is 11.1 Å². The second-order valence-corrected chi connectivity index (χ2v) is 5.94. The molecule has 0 unspecified atom stereocenters. The van der Waals surface area contributed by atoms with Gasteiger partial charge in [0, 0.05) is 11.6 Å². The molecular formula is C18H21NO. The molecular weight excluding hydrogens is 246 g/mol. The van der Waals surface area contributed by atoms with Gasteiger partial charge in [-0.05, 0) is 22.8 Å². The Bertz CT molecular complexity index is 567. The Morgan fingerprint density at radius 3 is 2.35 bits per heavy atom. The van der Waals surface area contributed by atoms with Crippen molar-refractivity contribution in [2.45, 2.75) is 27.4 Å². The van der Waals surface area contributed by atoms with Crippen LogP contribution in [-0.4, -0.2) is 6.21 Å². The van der Waals surface area contributed by atoms with Crippen LogP contribution >= 0.6 is 0 Å². The minimum Gasteiger partial charge on any atom is -0.391 e. The van der Waals surface area contributed by atoms with Crippen LogP contribution < -0.4 is 0 Å². The second-order valence-electron chi connectivity index (χ2n) is 5.94. The van der Waals surface area contributed by atoms with Crippen molar-refractivity contribution in [2.75, 3.05) is 0 Å². The zero-order chi connectivity index (χ0) is 14.4. The van der Waals surface area contributed by atoms with Crippen molar-refractivity contribution in [3.8, 4) is 11.1 Å². The van der Waals surface area contributed by atoms with Crippen LogP contribution in [0, 0.1) is 5.41 Å². The summed E-state index contributed by atoms with van der Waals surface area (Å²) < 4.78 is 0. The predicted molar refractivity (Wildman–Crippen MR) is 84.6 cm³/mol. The average Bonchev–Trinajstić information content (AvgIpc) is 2.44. The lowest BCUT2D eigenvalue weighted by molar-refractivity contribution is 0.129. The zero-order valence-corrected chi connectivity index (χ0v) is 12.3. The zero-order valence-electron chi connectivity index (χ0n) is 12.3. The highest BCUT2D eigenvalue weighted by Gasteiger charge is 2.05. The van der Waals surface area contributed by atoms with Crippen LogP contribution in [0.3, 0.4) is 0 Å². The molecule has 0 aliphatic heterocycles. The topological polar surface area (TPSA) is 21.6 Å². The van der Waals surface area contributed by atoms with Crippen LogP contribution in [0.1, 0.15) is 26.3 Å². The summed E-state index contributed by atoms with van der Waals surface area (Å²) in [7, 11) is 0. The van der Waals surface area contributed by atoms with Gasteiger partial charge in [-0.2, -0.15) is 0 Å². The Hall–Kier alpha value is -2.09. The van der Waals surface area contributed by atoms with Crippen molar-refractivity contribution in [3.05, 3.63) is 60.2 Å².